The Labute approximate surface area is 141 Å². The third-order valence-electron chi connectivity index (χ3n) is 3.85. The van der Waals surface area contributed by atoms with E-state index in [1.54, 1.807) is 7.11 Å². The zero-order valence-electron chi connectivity index (χ0n) is 15.4. The first-order chi connectivity index (χ1) is 10.9. The molecule has 23 heavy (non-hydrogen) atoms. The molecule has 5 nitrogen and oxygen atoms in total. The van der Waals surface area contributed by atoms with Gasteiger partial charge in [0.1, 0.15) is 6.10 Å². The highest BCUT2D eigenvalue weighted by Gasteiger charge is 2.16. The van der Waals surface area contributed by atoms with Crippen LogP contribution in [0.3, 0.4) is 0 Å². The Morgan fingerprint density at radius 2 is 1.52 bits per heavy atom. The van der Waals surface area contributed by atoms with Gasteiger partial charge >= 0.3 is 11.9 Å². The SMILES string of the molecule is COCCC(C)C(C)OC(=O)CCCC(=O)OCCCC(C)C. The standard InChI is InChI=1S/C18H34O5/c1-14(2)8-7-12-22-17(19)9-6-10-18(20)23-16(4)15(3)11-13-21-5/h14-16H,6-13H2,1-5H3. The summed E-state index contributed by atoms with van der Waals surface area (Å²) >= 11 is 0. The maximum absolute atomic E-state index is 11.7. The lowest BCUT2D eigenvalue weighted by atomic mass is 10.0. The number of ether oxygens (including phenoxy) is 3. The van der Waals surface area contributed by atoms with Gasteiger partial charge in [-0.3, -0.25) is 9.59 Å². The fraction of sp³-hybridized carbons (Fsp3) is 0.889. The molecule has 0 heterocycles. The van der Waals surface area contributed by atoms with E-state index in [1.165, 1.54) is 0 Å². The van der Waals surface area contributed by atoms with Crippen molar-refractivity contribution in [1.82, 2.24) is 0 Å². The van der Waals surface area contributed by atoms with E-state index in [2.05, 4.69) is 13.8 Å². The predicted molar refractivity (Wildman–Crippen MR) is 90.1 cm³/mol. The molecule has 5 heteroatoms. The average Bonchev–Trinajstić information content (AvgIpc) is 2.48. The third-order valence-corrected chi connectivity index (χ3v) is 3.85. The summed E-state index contributed by atoms with van der Waals surface area (Å²) in [7, 11) is 1.66. The van der Waals surface area contributed by atoms with Crippen molar-refractivity contribution < 1.29 is 23.8 Å². The van der Waals surface area contributed by atoms with Gasteiger partial charge in [0.25, 0.3) is 0 Å². The van der Waals surface area contributed by atoms with Crippen LogP contribution in [0.2, 0.25) is 0 Å². The van der Waals surface area contributed by atoms with Gasteiger partial charge in [0, 0.05) is 26.6 Å². The predicted octanol–water partition coefficient (Wildman–Crippen LogP) is 3.74. The minimum Gasteiger partial charge on any atom is -0.466 e. The summed E-state index contributed by atoms with van der Waals surface area (Å²) in [5.41, 5.74) is 0. The number of hydrogen-bond acceptors (Lipinski definition) is 5. The van der Waals surface area contributed by atoms with E-state index in [-0.39, 0.29) is 36.8 Å². The highest BCUT2D eigenvalue weighted by molar-refractivity contribution is 5.72. The summed E-state index contributed by atoms with van der Waals surface area (Å²) in [5.74, 6) is 0.388. The second-order valence-electron chi connectivity index (χ2n) is 6.56. The normalized spacial score (nSPS) is 13.7. The molecule has 0 N–H and O–H groups in total. The van der Waals surface area contributed by atoms with Crippen molar-refractivity contribution in [3.63, 3.8) is 0 Å². The van der Waals surface area contributed by atoms with E-state index >= 15 is 0 Å². The molecule has 0 rings (SSSR count). The Hall–Kier alpha value is -1.10. The van der Waals surface area contributed by atoms with Crippen LogP contribution >= 0.6 is 0 Å². The molecule has 0 aromatic carbocycles. The molecule has 0 aliphatic heterocycles. The first-order valence-electron chi connectivity index (χ1n) is 8.70. The van der Waals surface area contributed by atoms with Gasteiger partial charge in [0.15, 0.2) is 0 Å². The molecular weight excluding hydrogens is 296 g/mol. The molecule has 0 spiro atoms. The van der Waals surface area contributed by atoms with Crippen molar-refractivity contribution in [2.24, 2.45) is 11.8 Å². The van der Waals surface area contributed by atoms with Gasteiger partial charge in [-0.25, -0.2) is 0 Å². The van der Waals surface area contributed by atoms with E-state index < -0.39 is 0 Å². The zero-order valence-corrected chi connectivity index (χ0v) is 15.4. The molecule has 0 fully saturated rings. The van der Waals surface area contributed by atoms with Crippen LogP contribution < -0.4 is 0 Å². The number of methoxy groups -OCH3 is 1. The van der Waals surface area contributed by atoms with Crippen LogP contribution in [0, 0.1) is 11.8 Å². The lowest BCUT2D eigenvalue weighted by Gasteiger charge is -2.20. The molecule has 0 amide bonds. The molecule has 136 valence electrons. The number of rotatable bonds is 13. The van der Waals surface area contributed by atoms with E-state index in [4.69, 9.17) is 14.2 Å². The Balaban J connectivity index is 3.70. The van der Waals surface area contributed by atoms with Gasteiger partial charge in [0.05, 0.1) is 6.61 Å². The summed E-state index contributed by atoms with van der Waals surface area (Å²) in [5, 5.41) is 0. The Morgan fingerprint density at radius 3 is 2.13 bits per heavy atom. The first kappa shape index (κ1) is 21.9. The van der Waals surface area contributed by atoms with Crippen molar-refractivity contribution in [2.75, 3.05) is 20.3 Å². The van der Waals surface area contributed by atoms with Gasteiger partial charge in [-0.15, -0.1) is 0 Å². The Bertz CT molecular complexity index is 327. The highest BCUT2D eigenvalue weighted by Crippen LogP contribution is 2.13. The lowest BCUT2D eigenvalue weighted by molar-refractivity contribution is -0.151. The summed E-state index contributed by atoms with van der Waals surface area (Å²) in [6.07, 6.45) is 3.66. The van der Waals surface area contributed by atoms with Gasteiger partial charge in [-0.2, -0.15) is 0 Å². The van der Waals surface area contributed by atoms with Crippen molar-refractivity contribution in [1.29, 1.82) is 0 Å². The molecule has 0 aliphatic rings. The van der Waals surface area contributed by atoms with E-state index in [0.29, 0.717) is 25.6 Å². The monoisotopic (exact) mass is 330 g/mol. The number of hydrogen-bond donors (Lipinski definition) is 0. The Morgan fingerprint density at radius 1 is 0.870 bits per heavy atom. The van der Waals surface area contributed by atoms with Gasteiger partial charge in [-0.05, 0) is 44.4 Å². The smallest absolute Gasteiger partial charge is 0.306 e. The molecule has 0 saturated carbocycles. The first-order valence-corrected chi connectivity index (χ1v) is 8.70. The van der Waals surface area contributed by atoms with Crippen LogP contribution in [0.5, 0.6) is 0 Å². The van der Waals surface area contributed by atoms with Gasteiger partial charge in [-0.1, -0.05) is 20.8 Å². The largest absolute Gasteiger partial charge is 0.466 e. The summed E-state index contributed by atoms with van der Waals surface area (Å²) in [4.78, 5) is 23.3. The topological polar surface area (TPSA) is 61.8 Å². The second kappa shape index (κ2) is 13.3. The van der Waals surface area contributed by atoms with Crippen molar-refractivity contribution >= 4 is 11.9 Å². The number of carbonyl (C=O) groups excluding carboxylic acids is 2. The fourth-order valence-electron chi connectivity index (χ4n) is 2.05. The van der Waals surface area contributed by atoms with Crippen molar-refractivity contribution in [2.45, 2.75) is 72.3 Å². The maximum atomic E-state index is 11.7. The zero-order chi connectivity index (χ0) is 17.7. The van der Waals surface area contributed by atoms with Crippen LogP contribution in [0.25, 0.3) is 0 Å². The lowest BCUT2D eigenvalue weighted by Crippen LogP contribution is -2.23. The van der Waals surface area contributed by atoms with Gasteiger partial charge < -0.3 is 14.2 Å². The Kier molecular flexibility index (Phi) is 12.7. The van der Waals surface area contributed by atoms with Gasteiger partial charge in [0.2, 0.25) is 0 Å². The third kappa shape index (κ3) is 13.1. The molecule has 0 aromatic heterocycles. The summed E-state index contributed by atoms with van der Waals surface area (Å²) in [6, 6.07) is 0. The van der Waals surface area contributed by atoms with Crippen LogP contribution in [-0.2, 0) is 23.8 Å². The molecule has 2 atom stereocenters. The molecule has 0 aliphatic carbocycles. The summed E-state index contributed by atoms with van der Waals surface area (Å²) < 4.78 is 15.5. The molecule has 0 saturated heterocycles. The maximum Gasteiger partial charge on any atom is 0.306 e. The van der Waals surface area contributed by atoms with Crippen LogP contribution in [0.15, 0.2) is 0 Å². The van der Waals surface area contributed by atoms with Crippen molar-refractivity contribution in [3.05, 3.63) is 0 Å². The minimum absolute atomic E-state index is 0.138. The molecule has 0 radical (unpaired) electrons. The van der Waals surface area contributed by atoms with Crippen LogP contribution in [0.1, 0.15) is 66.2 Å². The number of carbonyl (C=O) groups is 2. The quantitative estimate of drug-likeness (QED) is 0.380. The molecule has 0 aromatic rings. The molecule has 0 bridgehead atoms. The minimum atomic E-state index is -0.255. The van der Waals surface area contributed by atoms with Crippen LogP contribution in [0.4, 0.5) is 0 Å². The van der Waals surface area contributed by atoms with E-state index in [9.17, 15) is 9.59 Å². The second-order valence-corrected chi connectivity index (χ2v) is 6.56. The summed E-state index contributed by atoms with van der Waals surface area (Å²) in [6.45, 7) is 9.34. The van der Waals surface area contributed by atoms with Crippen LogP contribution in [-0.4, -0.2) is 38.4 Å². The highest BCUT2D eigenvalue weighted by atomic mass is 16.5. The molecule has 2 unspecified atom stereocenters. The number of esters is 2. The van der Waals surface area contributed by atoms with E-state index in [0.717, 1.165) is 19.3 Å². The van der Waals surface area contributed by atoms with Crippen molar-refractivity contribution in [3.8, 4) is 0 Å². The molecular formula is C18H34O5. The van der Waals surface area contributed by atoms with E-state index in [1.807, 2.05) is 13.8 Å². The fourth-order valence-corrected chi connectivity index (χ4v) is 2.05. The average molecular weight is 330 g/mol.